The number of fused-ring (bicyclic) bond motifs is 1. The molecule has 4 saturated carbocycles. The molecule has 5 saturated heterocycles. The lowest BCUT2D eigenvalue weighted by atomic mass is 9.43. The topological polar surface area (TPSA) is 46.5 Å². The molecule has 0 radical (unpaired) electrons. The maximum absolute atomic E-state index is 12.5. The maximum Gasteiger partial charge on any atom is 0.306 e. The molecule has 10 atom stereocenters. The summed E-state index contributed by atoms with van der Waals surface area (Å²) < 4.78 is 5.94. The third kappa shape index (κ3) is 2.52. The lowest BCUT2D eigenvalue weighted by Gasteiger charge is -2.62. The smallest absolute Gasteiger partial charge is 0.306 e. The Kier molecular flexibility index (Phi) is 4.25. The van der Waals surface area contributed by atoms with E-state index in [0.29, 0.717) is 41.4 Å². The van der Waals surface area contributed by atoms with Crippen molar-refractivity contribution in [2.45, 2.75) is 97.2 Å². The summed E-state index contributed by atoms with van der Waals surface area (Å²) >= 11 is 0. The van der Waals surface area contributed by atoms with E-state index in [1.807, 2.05) is 0 Å². The van der Waals surface area contributed by atoms with E-state index in [0.717, 1.165) is 31.6 Å². The molecule has 9 fully saturated rings. The molecule has 0 amide bonds. The minimum atomic E-state index is -0.165. The van der Waals surface area contributed by atoms with Crippen LogP contribution in [0.15, 0.2) is 0 Å². The number of rotatable bonds is 0. The molecule has 4 aliphatic carbocycles. The fourth-order valence-electron chi connectivity index (χ4n) is 9.04. The molecule has 152 valence electrons. The summed E-state index contributed by atoms with van der Waals surface area (Å²) in [7, 11) is 0. The summed E-state index contributed by atoms with van der Waals surface area (Å²) in [5, 5.41) is 11.5. The largest absolute Gasteiger partial charge is 0.462 e. The van der Waals surface area contributed by atoms with Gasteiger partial charge in [0.1, 0.15) is 6.10 Å². The van der Waals surface area contributed by atoms with Crippen molar-refractivity contribution in [3.8, 4) is 0 Å². The molecule has 0 aromatic carbocycles. The van der Waals surface area contributed by atoms with E-state index >= 15 is 0 Å². The molecule has 0 aromatic heterocycles. The first-order valence-electron chi connectivity index (χ1n) is 11.7. The minimum absolute atomic E-state index is 0.0200. The fraction of sp³-hybridized carbons (Fsp3) is 0.958. The van der Waals surface area contributed by atoms with Gasteiger partial charge in [0, 0.05) is 6.42 Å². The Labute approximate surface area is 164 Å². The van der Waals surface area contributed by atoms with Gasteiger partial charge in [-0.05, 0) is 104 Å². The normalized spacial score (nSPS) is 57.6. The van der Waals surface area contributed by atoms with Crippen molar-refractivity contribution in [3.05, 3.63) is 0 Å². The quantitative estimate of drug-likeness (QED) is 0.610. The van der Waals surface area contributed by atoms with Crippen LogP contribution in [0.1, 0.15) is 85.0 Å². The maximum atomic E-state index is 12.5. The van der Waals surface area contributed by atoms with Crippen LogP contribution in [0, 0.1) is 46.3 Å². The van der Waals surface area contributed by atoms with E-state index in [1.54, 1.807) is 0 Å². The third-order valence-corrected chi connectivity index (χ3v) is 10.6. The molecule has 5 aliphatic heterocycles. The fourth-order valence-corrected chi connectivity index (χ4v) is 9.04. The molecule has 0 spiro atoms. The number of carbonyl (C=O) groups excluding carboxylic acids is 1. The Hall–Kier alpha value is -0.570. The molecular formula is C24H38O3. The Morgan fingerprint density at radius 2 is 1.74 bits per heavy atom. The van der Waals surface area contributed by atoms with Gasteiger partial charge in [0.05, 0.1) is 6.10 Å². The van der Waals surface area contributed by atoms with Gasteiger partial charge in [-0.2, -0.15) is 0 Å². The van der Waals surface area contributed by atoms with Crippen molar-refractivity contribution in [3.63, 3.8) is 0 Å². The van der Waals surface area contributed by atoms with E-state index in [2.05, 4.69) is 20.8 Å². The number of aliphatic hydroxyl groups is 1. The predicted octanol–water partition coefficient (Wildman–Crippen LogP) is 4.96. The first-order valence-corrected chi connectivity index (χ1v) is 11.7. The van der Waals surface area contributed by atoms with Crippen LogP contribution in [0.4, 0.5) is 0 Å². The van der Waals surface area contributed by atoms with E-state index in [9.17, 15) is 9.90 Å². The van der Waals surface area contributed by atoms with Gasteiger partial charge in [0.15, 0.2) is 0 Å². The van der Waals surface area contributed by atoms with E-state index in [4.69, 9.17) is 4.74 Å². The van der Waals surface area contributed by atoms with Crippen LogP contribution in [0.25, 0.3) is 0 Å². The van der Waals surface area contributed by atoms with Crippen LogP contribution in [-0.2, 0) is 9.53 Å². The van der Waals surface area contributed by atoms with Gasteiger partial charge in [-0.3, -0.25) is 4.79 Å². The van der Waals surface area contributed by atoms with Crippen LogP contribution in [0.2, 0.25) is 0 Å². The second-order valence-corrected chi connectivity index (χ2v) is 11.4. The van der Waals surface area contributed by atoms with Crippen LogP contribution in [-0.4, -0.2) is 23.3 Å². The highest BCUT2D eigenvalue weighted by Crippen LogP contribution is 2.68. The summed E-state index contributed by atoms with van der Waals surface area (Å²) in [6.45, 7) is 7.24. The molecular weight excluding hydrogens is 336 g/mol. The number of ether oxygens (including phenoxy) is 1. The first-order chi connectivity index (χ1) is 12.8. The monoisotopic (exact) mass is 374 g/mol. The van der Waals surface area contributed by atoms with Gasteiger partial charge >= 0.3 is 5.97 Å². The van der Waals surface area contributed by atoms with Gasteiger partial charge in [0.2, 0.25) is 0 Å². The zero-order chi connectivity index (χ0) is 19.0. The molecule has 9 aliphatic rings. The number of esters is 1. The third-order valence-electron chi connectivity index (χ3n) is 10.6. The summed E-state index contributed by atoms with van der Waals surface area (Å²) in [5.74, 6) is 3.89. The van der Waals surface area contributed by atoms with Crippen molar-refractivity contribution < 1.29 is 14.6 Å². The Bertz CT molecular complexity index is 617. The number of carbonyl (C=O) groups is 1. The van der Waals surface area contributed by atoms with Gasteiger partial charge in [-0.1, -0.05) is 20.8 Å². The molecule has 3 nitrogen and oxygen atoms in total. The highest BCUT2D eigenvalue weighted by molar-refractivity contribution is 5.69. The molecule has 0 aromatic rings. The molecule has 10 unspecified atom stereocenters. The highest BCUT2D eigenvalue weighted by Gasteiger charge is 2.64. The average molecular weight is 375 g/mol. The summed E-state index contributed by atoms with van der Waals surface area (Å²) in [6, 6.07) is 0. The van der Waals surface area contributed by atoms with E-state index < -0.39 is 0 Å². The lowest BCUT2D eigenvalue weighted by molar-refractivity contribution is -0.184. The van der Waals surface area contributed by atoms with Gasteiger partial charge < -0.3 is 9.84 Å². The molecule has 27 heavy (non-hydrogen) atoms. The van der Waals surface area contributed by atoms with Crippen LogP contribution < -0.4 is 0 Å². The second kappa shape index (κ2) is 6.21. The lowest BCUT2D eigenvalue weighted by Crippen LogP contribution is -2.59. The van der Waals surface area contributed by atoms with Crippen molar-refractivity contribution in [1.82, 2.24) is 0 Å². The van der Waals surface area contributed by atoms with E-state index in [-0.39, 0.29) is 23.6 Å². The first kappa shape index (κ1) is 18.5. The number of aliphatic hydroxyl groups excluding tert-OH is 1. The number of hydrogen-bond donors (Lipinski definition) is 1. The van der Waals surface area contributed by atoms with Gasteiger partial charge in [-0.25, -0.2) is 0 Å². The van der Waals surface area contributed by atoms with Crippen molar-refractivity contribution in [2.24, 2.45) is 46.3 Å². The molecule has 8 bridgehead atoms. The second-order valence-electron chi connectivity index (χ2n) is 11.4. The SMILES string of the molecule is CC1CCC(=O)OC2CCC3(C)C(CCC4C3CC(O)C3(C)C1CCC43)C2. The Morgan fingerprint density at radius 1 is 0.963 bits per heavy atom. The van der Waals surface area contributed by atoms with Crippen molar-refractivity contribution >= 4 is 5.97 Å². The zero-order valence-corrected chi connectivity index (χ0v) is 17.5. The molecule has 1 N–H and O–H groups in total. The minimum Gasteiger partial charge on any atom is -0.462 e. The van der Waals surface area contributed by atoms with Crippen molar-refractivity contribution in [1.29, 1.82) is 0 Å². The van der Waals surface area contributed by atoms with Gasteiger partial charge in [0.25, 0.3) is 0 Å². The van der Waals surface area contributed by atoms with Crippen LogP contribution in [0.3, 0.4) is 0 Å². The van der Waals surface area contributed by atoms with Gasteiger partial charge in [-0.15, -0.1) is 0 Å². The van der Waals surface area contributed by atoms with Crippen LogP contribution >= 0.6 is 0 Å². The Morgan fingerprint density at radius 3 is 2.56 bits per heavy atom. The molecule has 9 rings (SSSR count). The Balaban J connectivity index is 1.57. The summed E-state index contributed by atoms with van der Waals surface area (Å²) in [4.78, 5) is 12.5. The van der Waals surface area contributed by atoms with E-state index in [1.165, 1.54) is 32.1 Å². The summed E-state index contributed by atoms with van der Waals surface area (Å²) in [5.41, 5.74) is 0.386. The summed E-state index contributed by atoms with van der Waals surface area (Å²) in [6.07, 6.45) is 10.9. The molecule has 5 heterocycles. The highest BCUT2D eigenvalue weighted by atomic mass is 16.5. The predicted molar refractivity (Wildman–Crippen MR) is 105 cm³/mol. The zero-order valence-electron chi connectivity index (χ0n) is 17.5. The van der Waals surface area contributed by atoms with Crippen molar-refractivity contribution in [2.75, 3.05) is 0 Å². The average Bonchev–Trinajstić information content (AvgIpc) is 2.99. The van der Waals surface area contributed by atoms with Crippen LogP contribution in [0.5, 0.6) is 0 Å². The molecule has 3 heteroatoms. The standard InChI is InChI=1S/C24H38O3/c1-14-4-9-22(26)27-16-10-11-23(2)15(12-16)5-6-17-19-8-7-18(14)24(19,3)21(25)13-20(17)23/h14-21,25H,4-13H2,1-3H3. The number of hydrogen-bond acceptors (Lipinski definition) is 3.